The van der Waals surface area contributed by atoms with Crippen LogP contribution in [0.1, 0.15) is 329 Å². The molecule has 0 aliphatic heterocycles. The van der Waals surface area contributed by atoms with Crippen LogP contribution in [0.15, 0.2) is 48.6 Å². The first-order valence-corrected chi connectivity index (χ1v) is 31.1. The monoisotopic (exact) mass is 995 g/mol. The second kappa shape index (κ2) is 59.9. The maximum absolute atomic E-state index is 12.8. The Kier molecular flexibility index (Phi) is 57.7. The zero-order chi connectivity index (χ0) is 51.4. The Morgan fingerprint density at radius 2 is 0.521 bits per heavy atom. The SMILES string of the molecule is CCCC/C=C\C/C=C\CCCCCCCC(=O)OC(COC(=O)CCCCCCCCCCCCCC)COC(=O)CCCCCCCCCCCCCCCCC/C=C\C/C=C\CCCCCCC. The van der Waals surface area contributed by atoms with Crippen molar-refractivity contribution >= 4 is 17.9 Å². The van der Waals surface area contributed by atoms with Gasteiger partial charge in [-0.15, -0.1) is 0 Å². The van der Waals surface area contributed by atoms with E-state index in [0.29, 0.717) is 19.3 Å². The molecule has 0 N–H and O–H groups in total. The van der Waals surface area contributed by atoms with Crippen LogP contribution in [0, 0.1) is 0 Å². The van der Waals surface area contributed by atoms with E-state index in [9.17, 15) is 14.4 Å². The van der Waals surface area contributed by atoms with Crippen molar-refractivity contribution in [2.75, 3.05) is 13.2 Å². The quantitative estimate of drug-likeness (QED) is 0.0261. The van der Waals surface area contributed by atoms with E-state index in [1.165, 1.54) is 199 Å². The van der Waals surface area contributed by atoms with E-state index in [1.54, 1.807) is 0 Å². The molecular formula is C65H118O6. The zero-order valence-corrected chi connectivity index (χ0v) is 47.5. The second-order valence-corrected chi connectivity index (χ2v) is 21.0. The molecule has 0 aliphatic rings. The minimum atomic E-state index is -0.777. The number of carbonyl (C=O) groups excluding carboxylic acids is 3. The van der Waals surface area contributed by atoms with Crippen molar-refractivity contribution in [2.45, 2.75) is 335 Å². The molecule has 0 aromatic carbocycles. The fourth-order valence-corrected chi connectivity index (χ4v) is 9.08. The summed E-state index contributed by atoms with van der Waals surface area (Å²) in [5, 5.41) is 0. The van der Waals surface area contributed by atoms with Crippen molar-refractivity contribution in [2.24, 2.45) is 0 Å². The lowest BCUT2D eigenvalue weighted by Gasteiger charge is -2.18. The first-order chi connectivity index (χ1) is 35.0. The highest BCUT2D eigenvalue weighted by Gasteiger charge is 2.19. The first-order valence-electron chi connectivity index (χ1n) is 31.1. The summed E-state index contributed by atoms with van der Waals surface area (Å²) in [6, 6.07) is 0. The lowest BCUT2D eigenvalue weighted by Crippen LogP contribution is -2.30. The van der Waals surface area contributed by atoms with Crippen LogP contribution in [-0.4, -0.2) is 37.2 Å². The summed E-state index contributed by atoms with van der Waals surface area (Å²) >= 11 is 0. The van der Waals surface area contributed by atoms with Gasteiger partial charge in [-0.05, 0) is 77.0 Å². The van der Waals surface area contributed by atoms with Gasteiger partial charge < -0.3 is 14.2 Å². The van der Waals surface area contributed by atoms with Crippen molar-refractivity contribution < 1.29 is 28.6 Å². The summed E-state index contributed by atoms with van der Waals surface area (Å²) in [4.78, 5) is 38.2. The van der Waals surface area contributed by atoms with Crippen LogP contribution in [0.3, 0.4) is 0 Å². The normalized spacial score (nSPS) is 12.3. The maximum Gasteiger partial charge on any atom is 0.306 e. The molecule has 0 rings (SSSR count). The highest BCUT2D eigenvalue weighted by atomic mass is 16.6. The van der Waals surface area contributed by atoms with Crippen molar-refractivity contribution in [1.29, 1.82) is 0 Å². The molecule has 0 saturated heterocycles. The molecule has 1 unspecified atom stereocenters. The summed E-state index contributed by atoms with van der Waals surface area (Å²) in [7, 11) is 0. The molecule has 0 heterocycles. The number of ether oxygens (including phenoxy) is 3. The molecule has 0 aliphatic carbocycles. The van der Waals surface area contributed by atoms with Crippen molar-refractivity contribution in [3.63, 3.8) is 0 Å². The molecule has 0 radical (unpaired) electrons. The molecule has 0 bridgehead atoms. The molecular weight excluding hydrogens is 877 g/mol. The van der Waals surface area contributed by atoms with Crippen LogP contribution < -0.4 is 0 Å². The van der Waals surface area contributed by atoms with Gasteiger partial charge in [0.25, 0.3) is 0 Å². The Labute approximate surface area is 441 Å². The van der Waals surface area contributed by atoms with Gasteiger partial charge in [0.1, 0.15) is 13.2 Å². The van der Waals surface area contributed by atoms with Crippen LogP contribution in [0.2, 0.25) is 0 Å². The van der Waals surface area contributed by atoms with E-state index in [1.807, 2.05) is 0 Å². The van der Waals surface area contributed by atoms with Gasteiger partial charge >= 0.3 is 17.9 Å². The van der Waals surface area contributed by atoms with Crippen molar-refractivity contribution in [1.82, 2.24) is 0 Å². The van der Waals surface area contributed by atoms with Crippen molar-refractivity contribution in [3.05, 3.63) is 48.6 Å². The number of hydrogen-bond acceptors (Lipinski definition) is 6. The van der Waals surface area contributed by atoms with Crippen LogP contribution in [0.5, 0.6) is 0 Å². The van der Waals surface area contributed by atoms with Gasteiger partial charge in [0.15, 0.2) is 6.10 Å². The Morgan fingerprint density at radius 3 is 0.817 bits per heavy atom. The third kappa shape index (κ3) is 58.1. The molecule has 6 nitrogen and oxygen atoms in total. The van der Waals surface area contributed by atoms with E-state index in [-0.39, 0.29) is 31.1 Å². The largest absolute Gasteiger partial charge is 0.462 e. The van der Waals surface area contributed by atoms with Gasteiger partial charge in [-0.1, -0.05) is 281 Å². The minimum Gasteiger partial charge on any atom is -0.462 e. The fourth-order valence-electron chi connectivity index (χ4n) is 9.08. The van der Waals surface area contributed by atoms with Crippen LogP contribution in [0.25, 0.3) is 0 Å². The number of rotatable bonds is 57. The summed E-state index contributed by atoms with van der Waals surface area (Å²) in [5.41, 5.74) is 0. The summed E-state index contributed by atoms with van der Waals surface area (Å²) < 4.78 is 16.9. The third-order valence-electron chi connectivity index (χ3n) is 13.8. The molecule has 0 aromatic heterocycles. The molecule has 0 amide bonds. The fraction of sp³-hybridized carbons (Fsp3) is 0.831. The van der Waals surface area contributed by atoms with E-state index in [2.05, 4.69) is 69.4 Å². The van der Waals surface area contributed by atoms with E-state index in [0.717, 1.165) is 89.9 Å². The Morgan fingerprint density at radius 1 is 0.282 bits per heavy atom. The molecule has 0 spiro atoms. The molecule has 1 atom stereocenters. The highest BCUT2D eigenvalue weighted by Crippen LogP contribution is 2.17. The van der Waals surface area contributed by atoms with Crippen LogP contribution in [0.4, 0.5) is 0 Å². The molecule has 0 aromatic rings. The number of allylic oxidation sites excluding steroid dienone is 8. The molecule has 414 valence electrons. The smallest absolute Gasteiger partial charge is 0.306 e. The summed E-state index contributed by atoms with van der Waals surface area (Å²) in [5.74, 6) is -0.873. The first kappa shape index (κ1) is 68.4. The van der Waals surface area contributed by atoms with Crippen LogP contribution in [-0.2, 0) is 28.6 Å². The predicted octanol–water partition coefficient (Wildman–Crippen LogP) is 21.0. The topological polar surface area (TPSA) is 78.9 Å². The van der Waals surface area contributed by atoms with Gasteiger partial charge in [-0.3, -0.25) is 14.4 Å². The zero-order valence-electron chi connectivity index (χ0n) is 47.5. The standard InChI is InChI=1S/C65H118O6/c1-4-7-10-13-16-19-22-25-27-28-29-30-31-32-33-34-35-36-37-38-39-41-43-46-49-52-55-58-64(67)70-61-62(60-69-63(66)57-54-51-48-45-42-24-21-18-15-12-9-6-3)71-65(68)59-56-53-50-47-44-40-26-23-20-17-14-11-8-5-2/h14,17,22-23,25-26,28-29,62H,4-13,15-16,18-21,24,27,30-61H2,1-3H3/b17-14-,25-22-,26-23-,29-28-. The number of esters is 3. The van der Waals surface area contributed by atoms with E-state index < -0.39 is 6.10 Å². The van der Waals surface area contributed by atoms with Crippen molar-refractivity contribution in [3.8, 4) is 0 Å². The highest BCUT2D eigenvalue weighted by molar-refractivity contribution is 5.71. The minimum absolute atomic E-state index is 0.0749. The summed E-state index contributed by atoms with van der Waals surface area (Å²) in [6.07, 6.45) is 74.1. The van der Waals surface area contributed by atoms with E-state index >= 15 is 0 Å². The average Bonchev–Trinajstić information content (AvgIpc) is 3.37. The summed E-state index contributed by atoms with van der Waals surface area (Å²) in [6.45, 7) is 6.61. The molecule has 0 saturated carbocycles. The Balaban J connectivity index is 4.19. The third-order valence-corrected chi connectivity index (χ3v) is 13.8. The van der Waals surface area contributed by atoms with Gasteiger partial charge in [0.2, 0.25) is 0 Å². The number of carbonyl (C=O) groups is 3. The van der Waals surface area contributed by atoms with Gasteiger partial charge in [-0.25, -0.2) is 0 Å². The van der Waals surface area contributed by atoms with Crippen LogP contribution >= 0.6 is 0 Å². The lowest BCUT2D eigenvalue weighted by atomic mass is 10.0. The Bertz CT molecular complexity index is 1230. The average molecular weight is 996 g/mol. The van der Waals surface area contributed by atoms with E-state index in [4.69, 9.17) is 14.2 Å². The second-order valence-electron chi connectivity index (χ2n) is 21.0. The predicted molar refractivity (Wildman–Crippen MR) is 307 cm³/mol. The maximum atomic E-state index is 12.8. The molecule has 71 heavy (non-hydrogen) atoms. The van der Waals surface area contributed by atoms with Gasteiger partial charge in [0, 0.05) is 19.3 Å². The molecule has 6 heteroatoms. The lowest BCUT2D eigenvalue weighted by molar-refractivity contribution is -0.167. The number of hydrogen-bond donors (Lipinski definition) is 0. The Hall–Kier alpha value is -2.63. The van der Waals surface area contributed by atoms with Gasteiger partial charge in [-0.2, -0.15) is 0 Å². The molecule has 0 fully saturated rings. The number of unbranched alkanes of at least 4 members (excludes halogenated alkanes) is 38. The van der Waals surface area contributed by atoms with Gasteiger partial charge in [0.05, 0.1) is 0 Å².